The van der Waals surface area contributed by atoms with Gasteiger partial charge < -0.3 is 15.0 Å². The molecule has 0 spiro atoms. The Balaban J connectivity index is 1.33. The zero-order valence-corrected chi connectivity index (χ0v) is 14.3. The summed E-state index contributed by atoms with van der Waals surface area (Å²) in [6.07, 6.45) is 6.72. The van der Waals surface area contributed by atoms with Crippen molar-refractivity contribution in [3.63, 3.8) is 0 Å². The van der Waals surface area contributed by atoms with Crippen molar-refractivity contribution in [2.24, 2.45) is 0 Å². The Morgan fingerprint density at radius 3 is 2.92 bits per heavy atom. The molecule has 2 saturated heterocycles. The first-order valence-electron chi connectivity index (χ1n) is 8.90. The van der Waals surface area contributed by atoms with Crippen molar-refractivity contribution in [1.29, 1.82) is 0 Å². The van der Waals surface area contributed by atoms with Gasteiger partial charge in [0.1, 0.15) is 5.82 Å². The van der Waals surface area contributed by atoms with Gasteiger partial charge in [-0.05, 0) is 24.1 Å². The van der Waals surface area contributed by atoms with Crippen LogP contribution in [0.5, 0.6) is 0 Å². The van der Waals surface area contributed by atoms with Crippen LogP contribution in [0, 0.1) is 0 Å². The lowest BCUT2D eigenvalue weighted by atomic mass is 10.2. The fraction of sp³-hybridized carbons (Fsp3) is 0.500. The number of likely N-dealkylation sites (tertiary alicyclic amines) is 1. The molecule has 2 aliphatic rings. The molecule has 0 aliphatic carbocycles. The normalized spacial score (nSPS) is 21.4. The average molecular weight is 340 g/mol. The van der Waals surface area contributed by atoms with Gasteiger partial charge in [-0.1, -0.05) is 6.07 Å². The van der Waals surface area contributed by atoms with Crippen LogP contribution in [0.3, 0.4) is 0 Å². The first-order chi connectivity index (χ1) is 12.4. The van der Waals surface area contributed by atoms with E-state index in [-0.39, 0.29) is 0 Å². The van der Waals surface area contributed by atoms with Gasteiger partial charge in [-0.2, -0.15) is 4.98 Å². The van der Waals surface area contributed by atoms with E-state index in [1.165, 1.54) is 5.56 Å². The van der Waals surface area contributed by atoms with Gasteiger partial charge in [0.15, 0.2) is 0 Å². The predicted octanol–water partition coefficient (Wildman–Crippen LogP) is 1.39. The molecule has 7 nitrogen and oxygen atoms in total. The summed E-state index contributed by atoms with van der Waals surface area (Å²) in [5.74, 6) is 1.70. The van der Waals surface area contributed by atoms with E-state index in [9.17, 15) is 0 Å². The highest BCUT2D eigenvalue weighted by Crippen LogP contribution is 2.18. The Morgan fingerprint density at radius 2 is 2.08 bits per heavy atom. The number of aromatic nitrogens is 3. The van der Waals surface area contributed by atoms with Crippen LogP contribution >= 0.6 is 0 Å². The number of hydrogen-bond acceptors (Lipinski definition) is 7. The lowest BCUT2D eigenvalue weighted by Crippen LogP contribution is -2.37. The molecule has 2 fully saturated rings. The van der Waals surface area contributed by atoms with Gasteiger partial charge in [0, 0.05) is 57.4 Å². The topological polar surface area (TPSA) is 66.4 Å². The Kier molecular flexibility index (Phi) is 5.03. The molecule has 132 valence electrons. The molecule has 1 unspecified atom stereocenters. The average Bonchev–Trinajstić information content (AvgIpc) is 3.10. The molecule has 0 aromatic carbocycles. The number of rotatable bonds is 5. The molecule has 0 amide bonds. The second-order valence-electron chi connectivity index (χ2n) is 6.57. The van der Waals surface area contributed by atoms with Crippen molar-refractivity contribution < 1.29 is 4.74 Å². The molecule has 0 saturated carbocycles. The van der Waals surface area contributed by atoms with Gasteiger partial charge in [0.05, 0.1) is 13.2 Å². The summed E-state index contributed by atoms with van der Waals surface area (Å²) in [6.45, 7) is 6.26. The van der Waals surface area contributed by atoms with Crippen LogP contribution in [0.2, 0.25) is 0 Å². The van der Waals surface area contributed by atoms with Gasteiger partial charge in [0.2, 0.25) is 5.95 Å². The van der Waals surface area contributed by atoms with Gasteiger partial charge >= 0.3 is 0 Å². The van der Waals surface area contributed by atoms with Crippen molar-refractivity contribution >= 4 is 11.8 Å². The largest absolute Gasteiger partial charge is 0.378 e. The Bertz CT molecular complexity index is 676. The third-order valence-corrected chi connectivity index (χ3v) is 4.69. The van der Waals surface area contributed by atoms with Gasteiger partial charge in [0.25, 0.3) is 0 Å². The minimum Gasteiger partial charge on any atom is -0.378 e. The Morgan fingerprint density at radius 1 is 1.16 bits per heavy atom. The van der Waals surface area contributed by atoms with Crippen molar-refractivity contribution in [2.45, 2.75) is 19.0 Å². The number of hydrogen-bond donors (Lipinski definition) is 1. The maximum Gasteiger partial charge on any atom is 0.227 e. The van der Waals surface area contributed by atoms with Crippen LogP contribution in [-0.4, -0.2) is 65.3 Å². The van der Waals surface area contributed by atoms with Crippen molar-refractivity contribution in [2.75, 3.05) is 49.6 Å². The summed E-state index contributed by atoms with van der Waals surface area (Å²) in [5, 5.41) is 3.57. The zero-order valence-electron chi connectivity index (χ0n) is 14.3. The Hall–Kier alpha value is -2.25. The highest BCUT2D eigenvalue weighted by molar-refractivity contribution is 5.42. The molecule has 7 heteroatoms. The number of anilines is 2. The highest BCUT2D eigenvalue weighted by Gasteiger charge is 2.23. The quantitative estimate of drug-likeness (QED) is 0.882. The van der Waals surface area contributed by atoms with E-state index < -0.39 is 0 Å². The van der Waals surface area contributed by atoms with Gasteiger partial charge in [-0.15, -0.1) is 0 Å². The molecular weight excluding hydrogens is 316 g/mol. The minimum atomic E-state index is 0.420. The number of nitrogens with one attached hydrogen (secondary N) is 1. The fourth-order valence-corrected chi connectivity index (χ4v) is 3.40. The second kappa shape index (κ2) is 7.76. The van der Waals surface area contributed by atoms with Crippen molar-refractivity contribution in [3.8, 4) is 0 Å². The SMILES string of the molecule is c1cncc(CN2CCC(Nc3ccnc(N4CCOCC4)n3)C2)c1. The molecular formula is C18H24N6O. The summed E-state index contributed by atoms with van der Waals surface area (Å²) < 4.78 is 5.40. The second-order valence-corrected chi connectivity index (χ2v) is 6.57. The maximum absolute atomic E-state index is 5.40. The fourth-order valence-electron chi connectivity index (χ4n) is 3.40. The van der Waals surface area contributed by atoms with E-state index >= 15 is 0 Å². The molecule has 2 aromatic heterocycles. The molecule has 0 radical (unpaired) electrons. The maximum atomic E-state index is 5.40. The lowest BCUT2D eigenvalue weighted by molar-refractivity contribution is 0.122. The minimum absolute atomic E-state index is 0.420. The third kappa shape index (κ3) is 4.24. The van der Waals surface area contributed by atoms with E-state index in [2.05, 4.69) is 36.1 Å². The van der Waals surface area contributed by atoms with Gasteiger partial charge in [-0.25, -0.2) is 4.98 Å². The molecule has 1 atom stereocenters. The van der Waals surface area contributed by atoms with Crippen LogP contribution in [0.4, 0.5) is 11.8 Å². The molecule has 2 aromatic rings. The molecule has 2 aliphatic heterocycles. The standard InChI is InChI=1S/C18H24N6O/c1-2-15(12-19-5-1)13-23-7-4-16(14-23)21-17-3-6-20-18(22-17)24-8-10-25-11-9-24/h1-3,5-6,12,16H,4,7-11,13-14H2,(H,20,21,22). The number of ether oxygens (including phenoxy) is 1. The molecule has 0 bridgehead atoms. The summed E-state index contributed by atoms with van der Waals surface area (Å²) in [6, 6.07) is 6.50. The molecule has 1 N–H and O–H groups in total. The van der Waals surface area contributed by atoms with Crippen LogP contribution in [0.15, 0.2) is 36.8 Å². The van der Waals surface area contributed by atoms with Crippen LogP contribution in [-0.2, 0) is 11.3 Å². The summed E-state index contributed by atoms with van der Waals surface area (Å²) >= 11 is 0. The summed E-state index contributed by atoms with van der Waals surface area (Å²) in [7, 11) is 0. The van der Waals surface area contributed by atoms with Crippen LogP contribution in [0.1, 0.15) is 12.0 Å². The van der Waals surface area contributed by atoms with Crippen LogP contribution < -0.4 is 10.2 Å². The Labute approximate surface area is 148 Å². The zero-order chi connectivity index (χ0) is 16.9. The first-order valence-corrected chi connectivity index (χ1v) is 8.90. The first kappa shape index (κ1) is 16.2. The smallest absolute Gasteiger partial charge is 0.227 e. The van der Waals surface area contributed by atoms with Crippen molar-refractivity contribution in [3.05, 3.63) is 42.4 Å². The third-order valence-electron chi connectivity index (χ3n) is 4.69. The van der Waals surface area contributed by atoms with E-state index in [0.717, 1.165) is 64.1 Å². The number of morpholine rings is 1. The number of pyridine rings is 1. The predicted molar refractivity (Wildman–Crippen MR) is 96.6 cm³/mol. The van der Waals surface area contributed by atoms with E-state index in [4.69, 9.17) is 4.74 Å². The molecule has 4 heterocycles. The van der Waals surface area contributed by atoms with Crippen molar-refractivity contribution in [1.82, 2.24) is 19.9 Å². The lowest BCUT2D eigenvalue weighted by Gasteiger charge is -2.27. The number of nitrogens with zero attached hydrogens (tertiary/aromatic N) is 5. The van der Waals surface area contributed by atoms with E-state index in [1.54, 1.807) is 0 Å². The molecule has 25 heavy (non-hydrogen) atoms. The van der Waals surface area contributed by atoms with Crippen LogP contribution in [0.25, 0.3) is 0 Å². The monoisotopic (exact) mass is 340 g/mol. The van der Waals surface area contributed by atoms with E-state index in [0.29, 0.717) is 6.04 Å². The summed E-state index contributed by atoms with van der Waals surface area (Å²) in [5.41, 5.74) is 1.26. The van der Waals surface area contributed by atoms with Gasteiger partial charge in [-0.3, -0.25) is 9.88 Å². The molecule has 4 rings (SSSR count). The van der Waals surface area contributed by atoms with E-state index in [1.807, 2.05) is 30.7 Å². The highest BCUT2D eigenvalue weighted by atomic mass is 16.5. The summed E-state index contributed by atoms with van der Waals surface area (Å²) in [4.78, 5) is 17.9.